The summed E-state index contributed by atoms with van der Waals surface area (Å²) in [4.78, 5) is 28.2. The first kappa shape index (κ1) is 27.5. The highest BCUT2D eigenvalue weighted by molar-refractivity contribution is 6.00. The van der Waals surface area contributed by atoms with Gasteiger partial charge in [0.15, 0.2) is 0 Å². The Balaban J connectivity index is 1.31. The predicted octanol–water partition coefficient (Wildman–Crippen LogP) is 5.99. The zero-order valence-corrected chi connectivity index (χ0v) is 20.6. The molecule has 0 bridgehead atoms. The van der Waals surface area contributed by atoms with Crippen molar-refractivity contribution in [2.24, 2.45) is 0 Å². The van der Waals surface area contributed by atoms with Gasteiger partial charge in [-0.05, 0) is 48.5 Å². The number of urea groups is 2. The van der Waals surface area contributed by atoms with E-state index < -0.39 is 41.1 Å². The molecule has 1 saturated heterocycles. The van der Waals surface area contributed by atoms with Gasteiger partial charge < -0.3 is 30.5 Å². The normalized spacial score (nSPS) is 13.6. The Morgan fingerprint density at radius 2 is 1.56 bits per heavy atom. The summed E-state index contributed by atoms with van der Waals surface area (Å²) in [5.74, 6) is -1.41. The first-order valence-electron chi connectivity index (χ1n) is 11.7. The van der Waals surface area contributed by atoms with Crippen LogP contribution in [0, 0.1) is 11.6 Å². The van der Waals surface area contributed by atoms with Gasteiger partial charge in [-0.2, -0.15) is 13.2 Å². The minimum atomic E-state index is -4.82. The second-order valence-corrected chi connectivity index (χ2v) is 8.54. The number of rotatable bonds is 5. The average Bonchev–Trinajstić information content (AvgIpc) is 2.90. The number of anilines is 4. The maximum absolute atomic E-state index is 14.1. The van der Waals surface area contributed by atoms with Gasteiger partial charge in [0.05, 0.1) is 24.0 Å². The third-order valence-electron chi connectivity index (χ3n) is 6.02. The topological polar surface area (TPSA) is 85.9 Å². The summed E-state index contributed by atoms with van der Waals surface area (Å²) in [6, 6.07) is 11.6. The van der Waals surface area contributed by atoms with E-state index >= 15 is 0 Å². The molecule has 1 aliphatic rings. The first-order chi connectivity index (χ1) is 18.5. The molecule has 3 aromatic carbocycles. The second-order valence-electron chi connectivity index (χ2n) is 8.54. The fourth-order valence-corrected chi connectivity index (χ4v) is 4.06. The standard InChI is InChI=1S/C26H24F5N5O3/c1-39-22-10-5-16(27)15-21(22)33-24(37)32-17-6-8-18(9-7-17)35-11-13-36(14-12-35)25(38)34-23-19(26(29,30)31)3-2-4-20(23)28/h2-10,15H,11-14H2,1H3,(H,34,38)(H2,32,33,37). The van der Waals surface area contributed by atoms with Crippen LogP contribution in [0.1, 0.15) is 5.56 Å². The van der Waals surface area contributed by atoms with Gasteiger partial charge in [0.25, 0.3) is 0 Å². The quantitative estimate of drug-likeness (QED) is 0.342. The molecule has 0 radical (unpaired) electrons. The molecule has 8 nitrogen and oxygen atoms in total. The Bertz CT molecular complexity index is 1340. The predicted molar refractivity (Wildman–Crippen MR) is 136 cm³/mol. The van der Waals surface area contributed by atoms with Crippen LogP contribution in [0.2, 0.25) is 0 Å². The average molecular weight is 550 g/mol. The van der Waals surface area contributed by atoms with Crippen molar-refractivity contribution in [1.29, 1.82) is 0 Å². The van der Waals surface area contributed by atoms with E-state index in [4.69, 9.17) is 4.74 Å². The maximum Gasteiger partial charge on any atom is 0.418 e. The van der Waals surface area contributed by atoms with Gasteiger partial charge in [0, 0.05) is 43.6 Å². The molecule has 0 saturated carbocycles. The number of benzene rings is 3. The minimum absolute atomic E-state index is 0.165. The molecule has 206 valence electrons. The monoisotopic (exact) mass is 549 g/mol. The van der Waals surface area contributed by atoms with Gasteiger partial charge in [-0.3, -0.25) is 0 Å². The van der Waals surface area contributed by atoms with Crippen LogP contribution in [-0.2, 0) is 6.18 Å². The molecule has 3 aromatic rings. The molecular weight excluding hydrogens is 525 g/mol. The molecule has 0 aliphatic carbocycles. The highest BCUT2D eigenvalue weighted by Gasteiger charge is 2.36. The summed E-state index contributed by atoms with van der Waals surface area (Å²) >= 11 is 0. The van der Waals surface area contributed by atoms with Crippen LogP contribution >= 0.6 is 0 Å². The molecular formula is C26H24F5N5O3. The molecule has 3 N–H and O–H groups in total. The molecule has 39 heavy (non-hydrogen) atoms. The summed E-state index contributed by atoms with van der Waals surface area (Å²) < 4.78 is 72.3. The van der Waals surface area contributed by atoms with E-state index in [9.17, 15) is 31.5 Å². The van der Waals surface area contributed by atoms with E-state index in [0.717, 1.165) is 23.9 Å². The smallest absolute Gasteiger partial charge is 0.418 e. The molecule has 4 rings (SSSR count). The number of nitrogens with zero attached hydrogens (tertiary/aromatic N) is 2. The molecule has 1 fully saturated rings. The molecule has 0 atom stereocenters. The van der Waals surface area contributed by atoms with Gasteiger partial charge in [-0.25, -0.2) is 18.4 Å². The number of carbonyl (C=O) groups is 2. The van der Waals surface area contributed by atoms with Crippen LogP contribution in [0.4, 0.5) is 54.3 Å². The van der Waals surface area contributed by atoms with E-state index in [0.29, 0.717) is 30.6 Å². The molecule has 0 unspecified atom stereocenters. The van der Waals surface area contributed by atoms with Crippen molar-refractivity contribution in [2.75, 3.05) is 54.1 Å². The molecule has 13 heteroatoms. The van der Waals surface area contributed by atoms with Crippen molar-refractivity contribution in [3.05, 3.63) is 77.9 Å². The van der Waals surface area contributed by atoms with E-state index in [2.05, 4.69) is 16.0 Å². The van der Waals surface area contributed by atoms with Crippen molar-refractivity contribution in [3.63, 3.8) is 0 Å². The van der Waals surface area contributed by atoms with Gasteiger partial charge >= 0.3 is 18.2 Å². The summed E-state index contributed by atoms with van der Waals surface area (Å²) in [7, 11) is 1.40. The number of hydrogen-bond acceptors (Lipinski definition) is 4. The van der Waals surface area contributed by atoms with Crippen LogP contribution < -0.4 is 25.6 Å². The van der Waals surface area contributed by atoms with Crippen LogP contribution in [0.15, 0.2) is 60.7 Å². The van der Waals surface area contributed by atoms with Crippen LogP contribution in [0.25, 0.3) is 0 Å². The fourth-order valence-electron chi connectivity index (χ4n) is 4.06. The zero-order valence-electron chi connectivity index (χ0n) is 20.6. The van der Waals surface area contributed by atoms with Crippen LogP contribution in [0.3, 0.4) is 0 Å². The van der Waals surface area contributed by atoms with Gasteiger partial charge in [0.2, 0.25) is 0 Å². The lowest BCUT2D eigenvalue weighted by Gasteiger charge is -2.36. The molecule has 1 aliphatic heterocycles. The number of methoxy groups -OCH3 is 1. The van der Waals surface area contributed by atoms with Crippen molar-refractivity contribution >= 4 is 34.8 Å². The fraction of sp³-hybridized carbons (Fsp3) is 0.231. The molecule has 0 spiro atoms. The highest BCUT2D eigenvalue weighted by Crippen LogP contribution is 2.36. The van der Waals surface area contributed by atoms with Gasteiger partial charge in [-0.15, -0.1) is 0 Å². The molecule has 1 heterocycles. The van der Waals surface area contributed by atoms with E-state index in [1.165, 1.54) is 24.1 Å². The third-order valence-corrected chi connectivity index (χ3v) is 6.02. The number of hydrogen-bond donors (Lipinski definition) is 3. The summed E-state index contributed by atoms with van der Waals surface area (Å²) in [6.45, 7) is 1.14. The SMILES string of the molecule is COc1ccc(F)cc1NC(=O)Nc1ccc(N2CCN(C(=O)Nc3c(F)cccc3C(F)(F)F)CC2)cc1. The van der Waals surface area contributed by atoms with Crippen molar-refractivity contribution in [1.82, 2.24) is 4.90 Å². The van der Waals surface area contributed by atoms with Gasteiger partial charge in [-0.1, -0.05) is 6.07 Å². The van der Waals surface area contributed by atoms with E-state index in [-0.39, 0.29) is 18.8 Å². The van der Waals surface area contributed by atoms with Gasteiger partial charge in [0.1, 0.15) is 17.4 Å². The number of alkyl halides is 3. The number of halogens is 5. The highest BCUT2D eigenvalue weighted by atomic mass is 19.4. The largest absolute Gasteiger partial charge is 0.495 e. The van der Waals surface area contributed by atoms with Crippen molar-refractivity contribution < 1.29 is 36.3 Å². The number of ether oxygens (including phenoxy) is 1. The zero-order chi connectivity index (χ0) is 28.2. The lowest BCUT2D eigenvalue weighted by Crippen LogP contribution is -2.50. The third kappa shape index (κ3) is 6.67. The van der Waals surface area contributed by atoms with E-state index in [1.54, 1.807) is 24.3 Å². The van der Waals surface area contributed by atoms with E-state index in [1.807, 2.05) is 4.90 Å². The number of piperazine rings is 1. The Kier molecular flexibility index (Phi) is 8.07. The lowest BCUT2D eigenvalue weighted by atomic mass is 10.1. The van der Waals surface area contributed by atoms with Crippen molar-refractivity contribution in [2.45, 2.75) is 6.18 Å². The second kappa shape index (κ2) is 11.5. The maximum atomic E-state index is 14.1. The number of amides is 4. The summed E-state index contributed by atoms with van der Waals surface area (Å²) in [6.07, 6.45) is -4.82. The number of nitrogens with one attached hydrogen (secondary N) is 3. The molecule has 4 amide bonds. The minimum Gasteiger partial charge on any atom is -0.495 e. The first-order valence-corrected chi connectivity index (χ1v) is 11.7. The molecule has 0 aromatic heterocycles. The Morgan fingerprint density at radius 3 is 2.21 bits per heavy atom. The number of para-hydroxylation sites is 1. The summed E-state index contributed by atoms with van der Waals surface area (Å²) in [5.41, 5.74) is -0.734. The Hall–Kier alpha value is -4.55. The Labute approximate surface area is 220 Å². The lowest BCUT2D eigenvalue weighted by molar-refractivity contribution is -0.137. The summed E-state index contributed by atoms with van der Waals surface area (Å²) in [5, 5.41) is 7.22. The van der Waals surface area contributed by atoms with Crippen LogP contribution in [-0.4, -0.2) is 50.3 Å². The Morgan fingerprint density at radius 1 is 0.872 bits per heavy atom. The van der Waals surface area contributed by atoms with Crippen molar-refractivity contribution in [3.8, 4) is 5.75 Å². The number of carbonyl (C=O) groups excluding carboxylic acids is 2. The van der Waals surface area contributed by atoms with Crippen LogP contribution in [0.5, 0.6) is 5.75 Å².